The van der Waals surface area contributed by atoms with E-state index in [1.165, 1.54) is 120 Å². The first-order valence-electron chi connectivity index (χ1n) is 20.1. The largest absolute Gasteiger partial charge is 0.0616 e. The van der Waals surface area contributed by atoms with Gasteiger partial charge in [0.05, 0.1) is 0 Å². The van der Waals surface area contributed by atoms with Crippen LogP contribution in [0.2, 0.25) is 0 Å². The second-order valence-corrected chi connectivity index (χ2v) is 16.5. The Morgan fingerprint density at radius 1 is 0.246 bits per heavy atom. The van der Waals surface area contributed by atoms with Crippen LogP contribution in [0.4, 0.5) is 0 Å². The van der Waals surface area contributed by atoms with Gasteiger partial charge in [0.25, 0.3) is 0 Å². The van der Waals surface area contributed by atoms with Crippen molar-refractivity contribution >= 4 is 64.6 Å². The Balaban J connectivity index is 0.952. The standard InChI is InChI=1S/C57H38/c1-57(2)55-32-38(24-27-50(55)51-28-25-41(33-56(51)57)52-31-39-12-4-6-14-44(39)45-15-7-9-17-47(45)52)37-21-19-35-20-22-40(30-42(35)29-37)53-34-54-43-13-5-3-11-36(43)23-26-49(54)46-16-8-10-18-48(46)53/h3-34H,1-2H3. The van der Waals surface area contributed by atoms with Crippen molar-refractivity contribution in [2.75, 3.05) is 0 Å². The smallest absolute Gasteiger partial charge is 0.0159 e. The van der Waals surface area contributed by atoms with Gasteiger partial charge in [-0.25, -0.2) is 0 Å². The van der Waals surface area contributed by atoms with Crippen LogP contribution in [0.5, 0.6) is 0 Å². The SMILES string of the molecule is CC1(C)c2cc(-c3ccc4ccc(-c5cc6c7ccccc7ccc6c6ccccc56)cc4c3)ccc2-c2ccc(-c3cc4ccccc4c4ccccc34)cc21. The Bertz CT molecular complexity index is 3490. The van der Waals surface area contributed by atoms with Crippen LogP contribution in [-0.2, 0) is 5.41 Å². The number of benzene rings is 11. The summed E-state index contributed by atoms with van der Waals surface area (Å²) in [5.74, 6) is 0. The second kappa shape index (κ2) is 12.0. The van der Waals surface area contributed by atoms with Gasteiger partial charge in [0, 0.05) is 5.41 Å². The summed E-state index contributed by atoms with van der Waals surface area (Å²) in [5.41, 5.74) is 12.9. The second-order valence-electron chi connectivity index (χ2n) is 16.5. The van der Waals surface area contributed by atoms with Crippen molar-refractivity contribution in [3.05, 3.63) is 205 Å². The van der Waals surface area contributed by atoms with Gasteiger partial charge < -0.3 is 0 Å². The molecule has 11 aromatic carbocycles. The molecule has 0 bridgehead atoms. The van der Waals surface area contributed by atoms with Crippen LogP contribution >= 0.6 is 0 Å². The Hall–Kier alpha value is -7.02. The van der Waals surface area contributed by atoms with Gasteiger partial charge in [0.1, 0.15) is 0 Å². The molecular weight excluding hydrogens is 685 g/mol. The van der Waals surface area contributed by atoms with Crippen molar-refractivity contribution in [3.63, 3.8) is 0 Å². The van der Waals surface area contributed by atoms with Gasteiger partial charge in [-0.3, -0.25) is 0 Å². The lowest BCUT2D eigenvalue weighted by Gasteiger charge is -2.23. The molecule has 1 aliphatic carbocycles. The van der Waals surface area contributed by atoms with E-state index in [9.17, 15) is 0 Å². The molecule has 0 fully saturated rings. The molecule has 1 aliphatic rings. The van der Waals surface area contributed by atoms with Crippen molar-refractivity contribution in [2.45, 2.75) is 19.3 Å². The van der Waals surface area contributed by atoms with Crippen molar-refractivity contribution < 1.29 is 0 Å². The van der Waals surface area contributed by atoms with Crippen LogP contribution in [0, 0.1) is 0 Å². The molecule has 0 saturated carbocycles. The third-order valence-electron chi connectivity index (χ3n) is 13.0. The van der Waals surface area contributed by atoms with E-state index >= 15 is 0 Å². The molecule has 0 N–H and O–H groups in total. The van der Waals surface area contributed by atoms with E-state index in [-0.39, 0.29) is 5.41 Å². The summed E-state index contributed by atoms with van der Waals surface area (Å²) in [6.07, 6.45) is 0. The minimum Gasteiger partial charge on any atom is -0.0616 e. The van der Waals surface area contributed by atoms with E-state index in [2.05, 4.69) is 208 Å². The summed E-state index contributed by atoms with van der Waals surface area (Å²) in [5, 5.41) is 15.4. The molecule has 0 aliphatic heterocycles. The highest BCUT2D eigenvalue weighted by Crippen LogP contribution is 2.51. The molecule has 0 spiro atoms. The molecule has 0 aromatic heterocycles. The fourth-order valence-corrected chi connectivity index (χ4v) is 10.1. The Morgan fingerprint density at radius 2 is 0.684 bits per heavy atom. The highest BCUT2D eigenvalue weighted by atomic mass is 14.4. The lowest BCUT2D eigenvalue weighted by molar-refractivity contribution is 0.661. The zero-order valence-corrected chi connectivity index (χ0v) is 32.0. The maximum absolute atomic E-state index is 2.46. The summed E-state index contributed by atoms with van der Waals surface area (Å²) in [4.78, 5) is 0. The van der Waals surface area contributed by atoms with Gasteiger partial charge in [-0.2, -0.15) is 0 Å². The summed E-state index contributed by atoms with van der Waals surface area (Å²) in [7, 11) is 0. The van der Waals surface area contributed by atoms with Gasteiger partial charge in [0.2, 0.25) is 0 Å². The summed E-state index contributed by atoms with van der Waals surface area (Å²) < 4.78 is 0. The van der Waals surface area contributed by atoms with Crippen LogP contribution in [0.25, 0.3) is 109 Å². The van der Waals surface area contributed by atoms with E-state index in [1.807, 2.05) is 0 Å². The predicted octanol–water partition coefficient (Wildman–Crippen LogP) is 15.9. The van der Waals surface area contributed by atoms with E-state index < -0.39 is 0 Å². The first-order chi connectivity index (χ1) is 28.0. The van der Waals surface area contributed by atoms with E-state index in [1.54, 1.807) is 0 Å². The molecule has 266 valence electrons. The fourth-order valence-electron chi connectivity index (χ4n) is 10.1. The first-order valence-corrected chi connectivity index (χ1v) is 20.1. The van der Waals surface area contributed by atoms with E-state index in [0.29, 0.717) is 0 Å². The lowest BCUT2D eigenvalue weighted by Crippen LogP contribution is -2.15. The highest BCUT2D eigenvalue weighted by molar-refractivity contribution is 6.21. The minimum absolute atomic E-state index is 0.144. The van der Waals surface area contributed by atoms with Crippen LogP contribution in [0.1, 0.15) is 25.0 Å². The maximum atomic E-state index is 2.46. The van der Waals surface area contributed by atoms with E-state index in [0.717, 1.165) is 0 Å². The van der Waals surface area contributed by atoms with Gasteiger partial charge in [-0.05, 0) is 157 Å². The Labute approximate surface area is 332 Å². The molecule has 0 unspecified atom stereocenters. The normalized spacial score (nSPS) is 13.2. The molecule has 0 heterocycles. The number of hydrogen-bond acceptors (Lipinski definition) is 0. The number of fused-ring (bicyclic) bond motifs is 12. The Morgan fingerprint density at radius 3 is 1.40 bits per heavy atom. The van der Waals surface area contributed by atoms with Gasteiger partial charge in [0.15, 0.2) is 0 Å². The molecule has 12 rings (SSSR count). The van der Waals surface area contributed by atoms with Gasteiger partial charge in [-0.1, -0.05) is 172 Å². The fraction of sp³-hybridized carbons (Fsp3) is 0.0526. The zero-order valence-electron chi connectivity index (χ0n) is 32.0. The molecule has 0 heteroatoms. The van der Waals surface area contributed by atoms with Crippen LogP contribution < -0.4 is 0 Å². The van der Waals surface area contributed by atoms with Crippen LogP contribution in [0.3, 0.4) is 0 Å². The van der Waals surface area contributed by atoms with Gasteiger partial charge in [-0.15, -0.1) is 0 Å². The topological polar surface area (TPSA) is 0 Å². The summed E-state index contributed by atoms with van der Waals surface area (Å²) in [6, 6.07) is 72.8. The van der Waals surface area contributed by atoms with Crippen LogP contribution in [-0.4, -0.2) is 0 Å². The number of hydrogen-bond donors (Lipinski definition) is 0. The third kappa shape index (κ3) is 4.81. The molecule has 57 heavy (non-hydrogen) atoms. The molecule has 11 aromatic rings. The number of rotatable bonds is 3. The average Bonchev–Trinajstić information content (AvgIpc) is 3.49. The minimum atomic E-state index is -0.144. The molecule has 0 amide bonds. The molecule has 0 saturated heterocycles. The zero-order chi connectivity index (χ0) is 37.8. The summed E-state index contributed by atoms with van der Waals surface area (Å²) in [6.45, 7) is 4.79. The van der Waals surface area contributed by atoms with Crippen LogP contribution in [0.15, 0.2) is 194 Å². The lowest BCUT2D eigenvalue weighted by atomic mass is 9.80. The van der Waals surface area contributed by atoms with Gasteiger partial charge >= 0.3 is 0 Å². The quantitative estimate of drug-likeness (QED) is 0.159. The Kier molecular flexibility index (Phi) is 6.78. The summed E-state index contributed by atoms with van der Waals surface area (Å²) >= 11 is 0. The highest BCUT2D eigenvalue weighted by Gasteiger charge is 2.36. The molecule has 0 atom stereocenters. The maximum Gasteiger partial charge on any atom is 0.0159 e. The first kappa shape index (κ1) is 32.2. The predicted molar refractivity (Wildman–Crippen MR) is 245 cm³/mol. The molecular formula is C57H38. The van der Waals surface area contributed by atoms with Crippen molar-refractivity contribution in [3.8, 4) is 44.5 Å². The average molecular weight is 723 g/mol. The monoisotopic (exact) mass is 722 g/mol. The third-order valence-corrected chi connectivity index (χ3v) is 13.0. The van der Waals surface area contributed by atoms with Crippen molar-refractivity contribution in [1.29, 1.82) is 0 Å². The van der Waals surface area contributed by atoms with E-state index in [4.69, 9.17) is 0 Å². The molecule has 0 radical (unpaired) electrons. The molecule has 0 nitrogen and oxygen atoms in total. The van der Waals surface area contributed by atoms with Crippen molar-refractivity contribution in [1.82, 2.24) is 0 Å². The van der Waals surface area contributed by atoms with Crippen molar-refractivity contribution in [2.24, 2.45) is 0 Å².